The summed E-state index contributed by atoms with van der Waals surface area (Å²) in [5.74, 6) is -1.32. The zero-order chi connectivity index (χ0) is 13.6. The van der Waals surface area contributed by atoms with Gasteiger partial charge in [-0.2, -0.15) is 13.2 Å². The van der Waals surface area contributed by atoms with Crippen molar-refractivity contribution < 1.29 is 22.7 Å². The number of likely N-dealkylation sites (N-methyl/N-ethyl adjacent to an activating group) is 1. The van der Waals surface area contributed by atoms with Gasteiger partial charge in [-0.1, -0.05) is 6.07 Å². The first-order chi connectivity index (χ1) is 8.22. The van der Waals surface area contributed by atoms with E-state index in [1.165, 1.54) is 6.07 Å². The van der Waals surface area contributed by atoms with E-state index in [9.17, 15) is 22.7 Å². The molecule has 0 bridgehead atoms. The summed E-state index contributed by atoms with van der Waals surface area (Å²) in [6, 6.07) is 2.67. The average molecular weight is 263 g/mol. The topological polar surface area (TPSA) is 23.5 Å². The number of halogens is 4. The molecule has 0 saturated carbocycles. The molecule has 6 heteroatoms. The van der Waals surface area contributed by atoms with Crippen LogP contribution in [-0.4, -0.2) is 30.1 Å². The van der Waals surface area contributed by atoms with Gasteiger partial charge in [0.15, 0.2) is 0 Å². The van der Waals surface area contributed by atoms with Crippen LogP contribution in [0.5, 0.6) is 0 Å². The molecule has 1 fully saturated rings. The number of hydrogen-bond donors (Lipinski definition) is 1. The van der Waals surface area contributed by atoms with Crippen LogP contribution in [0.15, 0.2) is 18.2 Å². The maximum Gasteiger partial charge on any atom is 0.419 e. The summed E-state index contributed by atoms with van der Waals surface area (Å²) in [4.78, 5) is 1.82. The Bertz CT molecular complexity index is 460. The maximum absolute atomic E-state index is 13.1. The highest BCUT2D eigenvalue weighted by Crippen LogP contribution is 2.37. The molecule has 1 atom stereocenters. The molecule has 1 aromatic carbocycles. The van der Waals surface area contributed by atoms with Crippen molar-refractivity contribution in [2.24, 2.45) is 0 Å². The largest absolute Gasteiger partial charge is 0.419 e. The first kappa shape index (κ1) is 13.3. The molecule has 1 N–H and O–H groups in total. The lowest BCUT2D eigenvalue weighted by atomic mass is 9.91. The minimum atomic E-state index is -4.75. The Balaban J connectivity index is 2.42. The van der Waals surface area contributed by atoms with Gasteiger partial charge >= 0.3 is 6.18 Å². The third kappa shape index (κ3) is 2.35. The van der Waals surface area contributed by atoms with Crippen LogP contribution in [0.3, 0.4) is 0 Å². The summed E-state index contributed by atoms with van der Waals surface area (Å²) < 4.78 is 50.9. The molecule has 1 aliphatic heterocycles. The lowest BCUT2D eigenvalue weighted by Gasteiger charge is -2.24. The van der Waals surface area contributed by atoms with E-state index in [4.69, 9.17) is 0 Å². The molecule has 0 spiro atoms. The first-order valence-electron chi connectivity index (χ1n) is 5.50. The Morgan fingerprint density at radius 3 is 2.50 bits per heavy atom. The number of rotatable bonds is 1. The van der Waals surface area contributed by atoms with Crippen molar-refractivity contribution in [1.29, 1.82) is 0 Å². The number of alkyl halides is 3. The molecule has 1 unspecified atom stereocenters. The van der Waals surface area contributed by atoms with Gasteiger partial charge in [-0.3, -0.25) is 0 Å². The minimum absolute atomic E-state index is 0.112. The molecule has 100 valence electrons. The average Bonchev–Trinajstić information content (AvgIpc) is 2.58. The highest BCUT2D eigenvalue weighted by Gasteiger charge is 2.40. The third-order valence-electron chi connectivity index (χ3n) is 3.25. The molecule has 0 aliphatic carbocycles. The number of likely N-dealkylation sites (tertiary alicyclic amines) is 1. The van der Waals surface area contributed by atoms with Gasteiger partial charge in [0.1, 0.15) is 11.4 Å². The Hall–Kier alpha value is -1.14. The van der Waals surface area contributed by atoms with Crippen molar-refractivity contribution in [2.45, 2.75) is 18.2 Å². The third-order valence-corrected chi connectivity index (χ3v) is 3.25. The molecule has 0 aromatic heterocycles. The Morgan fingerprint density at radius 1 is 1.33 bits per heavy atom. The fourth-order valence-corrected chi connectivity index (χ4v) is 2.25. The van der Waals surface area contributed by atoms with Gasteiger partial charge in [-0.05, 0) is 31.2 Å². The van der Waals surface area contributed by atoms with Gasteiger partial charge in [-0.15, -0.1) is 0 Å². The highest BCUT2D eigenvalue weighted by atomic mass is 19.4. The van der Waals surface area contributed by atoms with Crippen LogP contribution in [0.25, 0.3) is 0 Å². The molecule has 2 rings (SSSR count). The fraction of sp³-hybridized carbons (Fsp3) is 0.500. The monoisotopic (exact) mass is 263 g/mol. The Labute approximate surface area is 102 Å². The van der Waals surface area contributed by atoms with Crippen LogP contribution in [0.2, 0.25) is 0 Å². The second-order valence-electron chi connectivity index (χ2n) is 4.71. The lowest BCUT2D eigenvalue weighted by molar-refractivity contribution is -0.140. The van der Waals surface area contributed by atoms with Crippen LogP contribution in [0.4, 0.5) is 17.6 Å². The summed E-state index contributed by atoms with van der Waals surface area (Å²) >= 11 is 0. The Morgan fingerprint density at radius 2 is 2.00 bits per heavy atom. The smallest absolute Gasteiger partial charge is 0.384 e. The molecule has 0 radical (unpaired) electrons. The van der Waals surface area contributed by atoms with E-state index in [1.54, 1.807) is 7.05 Å². The van der Waals surface area contributed by atoms with Crippen molar-refractivity contribution in [3.8, 4) is 0 Å². The van der Waals surface area contributed by atoms with E-state index in [0.29, 0.717) is 19.0 Å². The van der Waals surface area contributed by atoms with E-state index >= 15 is 0 Å². The highest BCUT2D eigenvalue weighted by molar-refractivity contribution is 5.32. The first-order valence-corrected chi connectivity index (χ1v) is 5.50. The molecule has 1 aromatic rings. The standard InChI is InChI=1S/C12H13F4NO/c1-17-5-4-11(18,7-17)8-2-3-10(13)9(6-8)12(14,15)16/h2-3,6,18H,4-5,7H2,1H3. The van der Waals surface area contributed by atoms with Crippen molar-refractivity contribution in [1.82, 2.24) is 4.90 Å². The number of β-amino-alcohol motifs (C(OH)–C–C–N with tert-alkyl or cyclic N) is 1. The van der Waals surface area contributed by atoms with Crippen LogP contribution in [0.1, 0.15) is 17.5 Å². The zero-order valence-corrected chi connectivity index (χ0v) is 9.76. The number of benzene rings is 1. The molecule has 1 heterocycles. The van der Waals surface area contributed by atoms with Crippen LogP contribution < -0.4 is 0 Å². The van der Waals surface area contributed by atoms with Crippen molar-refractivity contribution in [3.05, 3.63) is 35.1 Å². The summed E-state index contributed by atoms with van der Waals surface area (Å²) in [6.07, 6.45) is -4.41. The summed E-state index contributed by atoms with van der Waals surface area (Å²) in [6.45, 7) is 0.838. The van der Waals surface area contributed by atoms with E-state index < -0.39 is 23.2 Å². The summed E-state index contributed by atoms with van der Waals surface area (Å²) in [5.41, 5.74) is -2.55. The molecular formula is C12H13F4NO. The van der Waals surface area contributed by atoms with Crippen LogP contribution >= 0.6 is 0 Å². The number of hydrogen-bond acceptors (Lipinski definition) is 2. The van der Waals surface area contributed by atoms with Gasteiger partial charge < -0.3 is 10.0 Å². The fourth-order valence-electron chi connectivity index (χ4n) is 2.25. The lowest BCUT2D eigenvalue weighted by Crippen LogP contribution is -2.29. The van der Waals surface area contributed by atoms with E-state index in [2.05, 4.69) is 0 Å². The van der Waals surface area contributed by atoms with Crippen LogP contribution in [0, 0.1) is 5.82 Å². The van der Waals surface area contributed by atoms with E-state index in [0.717, 1.165) is 6.07 Å². The molecule has 0 amide bonds. The van der Waals surface area contributed by atoms with Gasteiger partial charge in [-0.25, -0.2) is 4.39 Å². The molecule has 1 saturated heterocycles. The molecule has 18 heavy (non-hydrogen) atoms. The zero-order valence-electron chi connectivity index (χ0n) is 9.76. The van der Waals surface area contributed by atoms with Crippen molar-refractivity contribution in [3.63, 3.8) is 0 Å². The molecule has 1 aliphatic rings. The van der Waals surface area contributed by atoms with Crippen LogP contribution in [-0.2, 0) is 11.8 Å². The minimum Gasteiger partial charge on any atom is -0.384 e. The van der Waals surface area contributed by atoms with Gasteiger partial charge in [0.05, 0.1) is 5.56 Å². The van der Waals surface area contributed by atoms with Gasteiger partial charge in [0.2, 0.25) is 0 Å². The Kier molecular flexibility index (Phi) is 3.11. The maximum atomic E-state index is 13.1. The number of aliphatic hydroxyl groups is 1. The van der Waals surface area contributed by atoms with Gasteiger partial charge in [0, 0.05) is 13.1 Å². The SMILES string of the molecule is CN1CCC(O)(c2ccc(F)c(C(F)(F)F)c2)C1. The van der Waals surface area contributed by atoms with Crippen molar-refractivity contribution >= 4 is 0 Å². The normalized spacial score (nSPS) is 25.7. The van der Waals surface area contributed by atoms with E-state index in [1.807, 2.05) is 4.90 Å². The van der Waals surface area contributed by atoms with Gasteiger partial charge in [0.25, 0.3) is 0 Å². The molecule has 2 nitrogen and oxygen atoms in total. The summed E-state index contributed by atoms with van der Waals surface area (Å²) in [5, 5.41) is 10.3. The van der Waals surface area contributed by atoms with Crippen molar-refractivity contribution in [2.75, 3.05) is 20.1 Å². The molecular weight excluding hydrogens is 250 g/mol. The predicted molar refractivity (Wildman–Crippen MR) is 57.4 cm³/mol. The quantitative estimate of drug-likeness (QED) is 0.786. The van der Waals surface area contributed by atoms with E-state index in [-0.39, 0.29) is 12.1 Å². The second kappa shape index (κ2) is 4.20. The second-order valence-corrected chi connectivity index (χ2v) is 4.71. The predicted octanol–water partition coefficient (Wildman–Crippen LogP) is 2.37. The number of nitrogens with zero attached hydrogens (tertiary/aromatic N) is 1. The summed E-state index contributed by atoms with van der Waals surface area (Å²) in [7, 11) is 1.77.